The lowest BCUT2D eigenvalue weighted by molar-refractivity contribution is 0.0956. The minimum atomic E-state index is -0.0283. The second-order valence-electron chi connectivity index (χ2n) is 7.05. The number of rotatable bonds is 4. The summed E-state index contributed by atoms with van der Waals surface area (Å²) in [6.45, 7) is 7.08. The molecule has 0 saturated heterocycles. The van der Waals surface area contributed by atoms with E-state index in [1.807, 2.05) is 42.1 Å². The lowest BCUT2D eigenvalue weighted by Crippen LogP contribution is -2.25. The molecule has 2 aromatic heterocycles. The summed E-state index contributed by atoms with van der Waals surface area (Å²) in [5.74, 6) is -0.0283. The van der Waals surface area contributed by atoms with Gasteiger partial charge in [-0.1, -0.05) is 26.8 Å². The standard InChI is InChI=1S/C19H23N3OS/c1-19(2,3)16-12-24-17(21-16)8-10-20-18(23)14-6-5-7-15-13(14)9-11-22(15)4/h5-7,9,11-12H,8,10H2,1-4H3,(H,20,23). The Morgan fingerprint density at radius 2 is 2.08 bits per heavy atom. The molecule has 3 aromatic rings. The molecule has 0 aliphatic rings. The number of carbonyl (C=O) groups is 1. The number of amides is 1. The molecule has 5 heteroatoms. The van der Waals surface area contributed by atoms with E-state index in [1.165, 1.54) is 0 Å². The topological polar surface area (TPSA) is 46.9 Å². The van der Waals surface area contributed by atoms with Crippen molar-refractivity contribution >= 4 is 28.1 Å². The molecule has 4 nitrogen and oxygen atoms in total. The molecular formula is C19H23N3OS. The molecule has 0 saturated carbocycles. The number of carbonyl (C=O) groups excluding carboxylic acids is 1. The molecule has 1 aromatic carbocycles. The molecule has 0 fully saturated rings. The third kappa shape index (κ3) is 3.36. The van der Waals surface area contributed by atoms with Crippen LogP contribution < -0.4 is 5.32 Å². The fraction of sp³-hybridized carbons (Fsp3) is 0.368. The van der Waals surface area contributed by atoms with Crippen LogP contribution in [0.1, 0.15) is 41.8 Å². The fourth-order valence-corrected chi connectivity index (χ4v) is 3.67. The zero-order valence-corrected chi connectivity index (χ0v) is 15.4. The Hall–Kier alpha value is -2.14. The molecule has 0 aliphatic carbocycles. The summed E-state index contributed by atoms with van der Waals surface area (Å²) in [5.41, 5.74) is 2.98. The van der Waals surface area contributed by atoms with Crippen LogP contribution in [0.3, 0.4) is 0 Å². The molecule has 0 radical (unpaired) electrons. The van der Waals surface area contributed by atoms with Crippen LogP contribution in [0, 0.1) is 0 Å². The summed E-state index contributed by atoms with van der Waals surface area (Å²) in [4.78, 5) is 17.2. The predicted octanol–water partition coefficient (Wildman–Crippen LogP) is 3.90. The molecule has 1 N–H and O–H groups in total. The van der Waals surface area contributed by atoms with E-state index in [4.69, 9.17) is 0 Å². The molecule has 126 valence electrons. The molecule has 2 heterocycles. The van der Waals surface area contributed by atoms with Gasteiger partial charge in [-0.15, -0.1) is 11.3 Å². The van der Waals surface area contributed by atoms with Crippen LogP contribution in [0.25, 0.3) is 10.9 Å². The number of hydrogen-bond donors (Lipinski definition) is 1. The summed E-state index contributed by atoms with van der Waals surface area (Å²) in [6, 6.07) is 7.81. The number of fused-ring (bicyclic) bond motifs is 1. The van der Waals surface area contributed by atoms with Crippen LogP contribution in [0.2, 0.25) is 0 Å². The maximum Gasteiger partial charge on any atom is 0.251 e. The number of nitrogens with one attached hydrogen (secondary N) is 1. The number of aryl methyl sites for hydroxylation is 1. The first-order valence-corrected chi connectivity index (χ1v) is 9.01. The summed E-state index contributed by atoms with van der Waals surface area (Å²) in [7, 11) is 1.99. The normalized spacial score (nSPS) is 11.8. The molecular weight excluding hydrogens is 318 g/mol. The van der Waals surface area contributed by atoms with Gasteiger partial charge in [-0.3, -0.25) is 4.79 Å². The summed E-state index contributed by atoms with van der Waals surface area (Å²) < 4.78 is 2.02. The number of nitrogens with zero attached hydrogens (tertiary/aromatic N) is 2. The first kappa shape index (κ1) is 16.7. The first-order valence-electron chi connectivity index (χ1n) is 8.13. The van der Waals surface area contributed by atoms with Crippen molar-refractivity contribution < 1.29 is 4.79 Å². The number of benzene rings is 1. The van der Waals surface area contributed by atoms with Crippen molar-refractivity contribution in [2.45, 2.75) is 32.6 Å². The van der Waals surface area contributed by atoms with Crippen LogP contribution in [-0.2, 0) is 18.9 Å². The predicted molar refractivity (Wildman–Crippen MR) is 99.8 cm³/mol. The van der Waals surface area contributed by atoms with Crippen molar-refractivity contribution in [2.24, 2.45) is 7.05 Å². The third-order valence-corrected chi connectivity index (χ3v) is 5.03. The largest absolute Gasteiger partial charge is 0.352 e. The summed E-state index contributed by atoms with van der Waals surface area (Å²) in [6.07, 6.45) is 2.74. The van der Waals surface area contributed by atoms with Crippen LogP contribution in [0.4, 0.5) is 0 Å². The van der Waals surface area contributed by atoms with Gasteiger partial charge >= 0.3 is 0 Å². The van der Waals surface area contributed by atoms with E-state index in [9.17, 15) is 4.79 Å². The zero-order valence-electron chi connectivity index (χ0n) is 14.6. The van der Waals surface area contributed by atoms with E-state index in [1.54, 1.807) is 11.3 Å². The summed E-state index contributed by atoms with van der Waals surface area (Å²) in [5, 5.41) is 7.18. The van der Waals surface area contributed by atoms with Crippen molar-refractivity contribution in [3.63, 3.8) is 0 Å². The highest BCUT2D eigenvalue weighted by molar-refractivity contribution is 7.09. The van der Waals surface area contributed by atoms with Gasteiger partial charge < -0.3 is 9.88 Å². The Morgan fingerprint density at radius 3 is 2.79 bits per heavy atom. The lowest BCUT2D eigenvalue weighted by Gasteiger charge is -2.14. The molecule has 1 amide bonds. The van der Waals surface area contributed by atoms with Gasteiger partial charge in [-0.2, -0.15) is 0 Å². The second kappa shape index (κ2) is 6.40. The lowest BCUT2D eigenvalue weighted by atomic mass is 9.93. The Bertz CT molecular complexity index is 870. The van der Waals surface area contributed by atoms with E-state index < -0.39 is 0 Å². The van der Waals surface area contributed by atoms with Crippen molar-refractivity contribution in [3.05, 3.63) is 52.1 Å². The second-order valence-corrected chi connectivity index (χ2v) is 7.99. The van der Waals surface area contributed by atoms with E-state index in [-0.39, 0.29) is 11.3 Å². The van der Waals surface area contributed by atoms with E-state index in [2.05, 4.69) is 36.5 Å². The van der Waals surface area contributed by atoms with Crippen LogP contribution in [0.15, 0.2) is 35.8 Å². The molecule has 3 rings (SSSR count). The minimum absolute atomic E-state index is 0.0283. The molecule has 0 aliphatic heterocycles. The Morgan fingerprint density at radius 1 is 1.29 bits per heavy atom. The van der Waals surface area contributed by atoms with Crippen molar-refractivity contribution in [3.8, 4) is 0 Å². The quantitative estimate of drug-likeness (QED) is 0.782. The maximum atomic E-state index is 12.5. The Balaban J connectivity index is 1.64. The van der Waals surface area contributed by atoms with E-state index in [0.717, 1.165) is 33.6 Å². The third-order valence-electron chi connectivity index (χ3n) is 4.12. The van der Waals surface area contributed by atoms with Gasteiger partial charge in [0.2, 0.25) is 0 Å². The van der Waals surface area contributed by atoms with Crippen LogP contribution in [-0.4, -0.2) is 22.0 Å². The molecule has 0 spiro atoms. The van der Waals surface area contributed by atoms with Crippen molar-refractivity contribution in [2.75, 3.05) is 6.54 Å². The van der Waals surface area contributed by atoms with Gasteiger partial charge in [0.1, 0.15) is 0 Å². The van der Waals surface area contributed by atoms with Crippen molar-refractivity contribution in [1.82, 2.24) is 14.9 Å². The maximum absolute atomic E-state index is 12.5. The van der Waals surface area contributed by atoms with Crippen molar-refractivity contribution in [1.29, 1.82) is 0 Å². The highest BCUT2D eigenvalue weighted by Crippen LogP contribution is 2.24. The van der Waals surface area contributed by atoms with Gasteiger partial charge in [0.05, 0.1) is 10.7 Å². The van der Waals surface area contributed by atoms with Gasteiger partial charge in [0.25, 0.3) is 5.91 Å². The van der Waals surface area contributed by atoms with Gasteiger partial charge in [0.15, 0.2) is 0 Å². The molecule has 0 bridgehead atoms. The number of hydrogen-bond acceptors (Lipinski definition) is 3. The smallest absolute Gasteiger partial charge is 0.251 e. The van der Waals surface area contributed by atoms with E-state index in [0.29, 0.717) is 6.54 Å². The zero-order chi connectivity index (χ0) is 17.3. The minimum Gasteiger partial charge on any atom is -0.352 e. The first-order chi connectivity index (χ1) is 11.4. The van der Waals surface area contributed by atoms with Gasteiger partial charge in [-0.05, 0) is 18.2 Å². The fourth-order valence-electron chi connectivity index (χ4n) is 2.65. The average molecular weight is 341 g/mol. The van der Waals surface area contributed by atoms with E-state index >= 15 is 0 Å². The highest BCUT2D eigenvalue weighted by atomic mass is 32.1. The monoisotopic (exact) mass is 341 g/mol. The van der Waals surface area contributed by atoms with Crippen LogP contribution >= 0.6 is 11.3 Å². The number of aromatic nitrogens is 2. The van der Waals surface area contributed by atoms with Gasteiger partial charge in [0, 0.05) is 53.5 Å². The highest BCUT2D eigenvalue weighted by Gasteiger charge is 2.17. The average Bonchev–Trinajstić information content (AvgIpc) is 3.14. The Labute approximate surface area is 146 Å². The number of thiazole rings is 1. The SMILES string of the molecule is Cn1ccc2c(C(=O)NCCc3nc(C(C)(C)C)cs3)cccc21. The van der Waals surface area contributed by atoms with Crippen LogP contribution in [0.5, 0.6) is 0 Å². The molecule has 0 unspecified atom stereocenters. The summed E-state index contributed by atoms with van der Waals surface area (Å²) >= 11 is 1.66. The molecule has 24 heavy (non-hydrogen) atoms. The van der Waals surface area contributed by atoms with Gasteiger partial charge in [-0.25, -0.2) is 4.98 Å². The molecule has 0 atom stereocenters. The Kier molecular flexibility index (Phi) is 4.45.